The molecule has 2 saturated heterocycles. The van der Waals surface area contributed by atoms with Gasteiger partial charge in [-0.15, -0.1) is 0 Å². The van der Waals surface area contributed by atoms with E-state index in [0.717, 1.165) is 11.5 Å². The molecule has 7 rings (SSSR count). The van der Waals surface area contributed by atoms with Gasteiger partial charge in [-0.3, -0.25) is 13.9 Å². The molecule has 4 heterocycles. The van der Waals surface area contributed by atoms with Crippen LogP contribution in [0.3, 0.4) is 0 Å². The van der Waals surface area contributed by atoms with Crippen LogP contribution in [0.1, 0.15) is 6.92 Å². The summed E-state index contributed by atoms with van der Waals surface area (Å²) >= 11 is 0. The molecule has 10 atom stereocenters. The molecule has 5 aromatic rings. The van der Waals surface area contributed by atoms with Gasteiger partial charge in [-0.25, -0.2) is 4.79 Å². The molecule has 0 aliphatic carbocycles. The van der Waals surface area contributed by atoms with Gasteiger partial charge >= 0.3 is 16.0 Å². The van der Waals surface area contributed by atoms with Gasteiger partial charge in [0.1, 0.15) is 90.6 Å². The number of hydrogen-bond acceptors (Lipinski definition) is 23. The van der Waals surface area contributed by atoms with Crippen molar-refractivity contribution in [3.63, 3.8) is 0 Å². The van der Waals surface area contributed by atoms with E-state index in [-0.39, 0.29) is 114 Å². The predicted molar refractivity (Wildman–Crippen MR) is 235 cm³/mol. The molecule has 27 heteroatoms. The van der Waals surface area contributed by atoms with E-state index < -0.39 is 95.3 Å². The number of benzene rings is 3. The number of fused-ring (bicyclic) bond motifs is 2. The Morgan fingerprint density at radius 2 is 1.26 bits per heavy atom. The minimum atomic E-state index is -4.67. The average molecular weight is 1010 g/mol. The zero-order valence-electron chi connectivity index (χ0n) is 36.7. The summed E-state index contributed by atoms with van der Waals surface area (Å²) in [4.78, 5) is 24.8. The summed E-state index contributed by atoms with van der Waals surface area (Å²) in [7, 11) is -4.67. The number of rotatable bonds is 15. The second-order valence-electron chi connectivity index (χ2n) is 14.7. The number of para-hydroxylation sites is 1. The number of aliphatic hydroxyl groups is 9. The van der Waals surface area contributed by atoms with Gasteiger partial charge in [0.25, 0.3) is 0 Å². The molecule has 0 bridgehead atoms. The van der Waals surface area contributed by atoms with Gasteiger partial charge in [0.15, 0.2) is 23.5 Å². The molecule has 2 aromatic heterocycles. The first-order valence-electron chi connectivity index (χ1n) is 20.3. The van der Waals surface area contributed by atoms with Crippen LogP contribution in [-0.2, 0) is 24.6 Å². The van der Waals surface area contributed by atoms with E-state index in [0.29, 0.717) is 5.58 Å². The van der Waals surface area contributed by atoms with E-state index in [9.17, 15) is 60.7 Å². The Hall–Kier alpha value is -4.53. The summed E-state index contributed by atoms with van der Waals surface area (Å²) in [6, 6.07) is 17.2. The Kier molecular flexibility index (Phi) is 21.6. The van der Waals surface area contributed by atoms with Crippen molar-refractivity contribution in [3.8, 4) is 40.1 Å². The molecule has 0 amide bonds. The molecule has 3 aromatic carbocycles. The third-order valence-corrected chi connectivity index (χ3v) is 9.83. The molecule has 375 valence electrons. The largest absolute Gasteiger partial charge is 0.507 e. The molecule has 2 aliphatic rings. The third-order valence-electron chi connectivity index (χ3n) is 9.83. The molecule has 0 saturated carbocycles. The number of aromatic hydroxyl groups is 1. The molecule has 1 radical (unpaired) electrons. The number of phenolic OH excluding ortho intramolecular Hbond substituents is 1. The van der Waals surface area contributed by atoms with Crippen LogP contribution in [0.2, 0.25) is 0 Å². The van der Waals surface area contributed by atoms with Crippen LogP contribution in [0.15, 0.2) is 85.2 Å². The van der Waals surface area contributed by atoms with E-state index >= 15 is 0 Å². The molecular weight excluding hydrogens is 959 g/mol. The van der Waals surface area contributed by atoms with Crippen molar-refractivity contribution >= 4 is 61.9 Å². The zero-order valence-corrected chi connectivity index (χ0v) is 39.5. The predicted octanol–water partition coefficient (Wildman–Crippen LogP) is -1.93. The summed E-state index contributed by atoms with van der Waals surface area (Å²) in [6.07, 6.45) is -16.3. The average Bonchev–Trinajstić information content (AvgIpc) is 3.30. The first kappa shape index (κ1) is 57.1. The van der Waals surface area contributed by atoms with Crippen LogP contribution >= 0.6 is 0 Å². The molecule has 0 spiro atoms. The van der Waals surface area contributed by atoms with Crippen molar-refractivity contribution in [2.75, 3.05) is 46.2 Å². The van der Waals surface area contributed by atoms with Gasteiger partial charge in [0.05, 0.1) is 32.5 Å². The van der Waals surface area contributed by atoms with E-state index in [1.165, 1.54) is 37.3 Å². The van der Waals surface area contributed by atoms with Crippen molar-refractivity contribution in [1.29, 1.82) is 0 Å². The summed E-state index contributed by atoms with van der Waals surface area (Å²) < 4.78 is 81.6. The van der Waals surface area contributed by atoms with Crippen LogP contribution in [0.5, 0.6) is 28.7 Å². The van der Waals surface area contributed by atoms with Crippen molar-refractivity contribution in [1.82, 2.24) is 0 Å². The smallest absolute Gasteiger partial charge is 0.394 e. The molecule has 69 heavy (non-hydrogen) atoms. The quantitative estimate of drug-likeness (QED) is 0.0309. The van der Waals surface area contributed by atoms with E-state index in [1.807, 2.05) is 18.2 Å². The Balaban J connectivity index is 0.000000513. The fourth-order valence-corrected chi connectivity index (χ4v) is 6.61. The normalized spacial score (nSPS) is 24.5. The summed E-state index contributed by atoms with van der Waals surface area (Å²) in [5, 5.41) is 102. The zero-order chi connectivity index (χ0) is 49.9. The van der Waals surface area contributed by atoms with Crippen LogP contribution in [0.4, 0.5) is 0 Å². The Morgan fingerprint density at radius 1 is 0.652 bits per heavy atom. The molecular formula is C42H50NaO25S. The first-order valence-corrected chi connectivity index (χ1v) is 21.7. The van der Waals surface area contributed by atoms with Crippen LogP contribution in [-0.4, -0.2) is 206 Å². The van der Waals surface area contributed by atoms with Crippen molar-refractivity contribution in [2.24, 2.45) is 0 Å². The first-order chi connectivity index (χ1) is 32.3. The van der Waals surface area contributed by atoms with Crippen LogP contribution < -0.4 is 30.0 Å². The van der Waals surface area contributed by atoms with Gasteiger partial charge in [-0.1, -0.05) is 18.2 Å². The maximum atomic E-state index is 14.1. The fourth-order valence-electron chi connectivity index (χ4n) is 6.61. The van der Waals surface area contributed by atoms with E-state index in [1.54, 1.807) is 12.1 Å². The number of aliphatic hydroxyl groups excluding tert-OH is 9. The van der Waals surface area contributed by atoms with Crippen LogP contribution in [0, 0.1) is 0 Å². The Morgan fingerprint density at radius 3 is 1.93 bits per heavy atom. The van der Waals surface area contributed by atoms with Crippen LogP contribution in [0.25, 0.3) is 33.3 Å². The molecule has 2 fully saturated rings. The minimum absolute atomic E-state index is 0. The second kappa shape index (κ2) is 26.1. The third kappa shape index (κ3) is 15.2. The monoisotopic (exact) mass is 1010 g/mol. The van der Waals surface area contributed by atoms with E-state index in [4.69, 9.17) is 59.5 Å². The van der Waals surface area contributed by atoms with Gasteiger partial charge in [-0.2, -0.15) is 8.42 Å². The number of hydrogen-bond donors (Lipinski definition) is 12. The molecule has 25 nitrogen and oxygen atoms in total. The second-order valence-corrected chi connectivity index (χ2v) is 15.6. The summed E-state index contributed by atoms with van der Waals surface area (Å²) in [6.45, 7) is -0.648. The number of phenols is 1. The molecule has 12 N–H and O–H groups in total. The van der Waals surface area contributed by atoms with Crippen molar-refractivity contribution in [2.45, 2.75) is 68.3 Å². The van der Waals surface area contributed by atoms with Gasteiger partial charge in [-0.05, 0) is 37.3 Å². The topological polar surface area (TPSA) is 402 Å². The van der Waals surface area contributed by atoms with Gasteiger partial charge in [0.2, 0.25) is 17.5 Å². The standard InChI is InChI=1S/C33H42O19.C9H6O2.Na.H2O4S/c1-14-23(38)26(41)28(43)32(49-14)48-13-21-24(39)27(42)29(44)33(51-21)52-31-25(40)22-17(37)11-16(45-7-4-34)12-20(22)50-30(31)15-2-3-18(46-8-5-35)19(10-15)47-9-6-36;10-9-6-5-7-3-1-2-4-8(7)11-9;;1-5(2,3)4/h2-3,10-12,14,21,23-24,26-29,32-39,41-44H,4-9,13H2,1H3;1-6H;;(H2,1,2,3,4)/t14-,21+,23-,24+,26+,27-,28+,29+,32+,33-;;;/m0.../s1. The van der Waals surface area contributed by atoms with Gasteiger partial charge < -0.3 is 93.1 Å². The minimum Gasteiger partial charge on any atom is -0.507 e. The maximum Gasteiger partial charge on any atom is 0.394 e. The van der Waals surface area contributed by atoms with Crippen molar-refractivity contribution in [3.05, 3.63) is 87.4 Å². The summed E-state index contributed by atoms with van der Waals surface area (Å²) in [5.41, 5.74) is -0.740. The van der Waals surface area contributed by atoms with Crippen molar-refractivity contribution < 1.29 is 111 Å². The Labute approximate surface area is 412 Å². The molecule has 0 unspecified atom stereocenters. The maximum absolute atomic E-state index is 14.1. The number of ether oxygens (including phenoxy) is 7. The SMILES string of the molecule is C[C@@H]1O[C@@H](OC[C@H]2O[C@@H](Oc3c(-c4ccc(OCCO)c(OCCO)c4)oc4cc(OCCO)cc(O)c4c3=O)[C@H](O)[C@@H](O)[C@@H]2O)[C@H](O)[C@H](O)[C@H]1O.O=S(=O)(O)O.O=c1ccc2ccccc2o1.[Na]. The molecule has 2 aliphatic heterocycles. The Bertz CT molecular complexity index is 2650. The summed E-state index contributed by atoms with van der Waals surface area (Å²) in [5.74, 6) is -1.31. The fraction of sp³-hybridized carbons (Fsp3) is 0.429. The van der Waals surface area contributed by atoms with E-state index in [2.05, 4.69) is 0 Å². The van der Waals surface area contributed by atoms with Gasteiger partial charge in [0, 0.05) is 58.7 Å².